The van der Waals surface area contributed by atoms with Gasteiger partial charge < -0.3 is 23.6 Å². The van der Waals surface area contributed by atoms with Crippen molar-refractivity contribution in [2.24, 2.45) is 5.92 Å². The average molecular weight is 408 g/mol. The molecule has 1 aromatic rings. The molecule has 1 unspecified atom stereocenters. The molecule has 0 bridgehead atoms. The van der Waals surface area contributed by atoms with Crippen LogP contribution in [-0.2, 0) is 24.4 Å². The lowest BCUT2D eigenvalue weighted by Crippen LogP contribution is -2.50. The fourth-order valence-electron chi connectivity index (χ4n) is 4.61. The van der Waals surface area contributed by atoms with Crippen molar-refractivity contribution in [3.63, 3.8) is 0 Å². The number of likely N-dealkylation sites (tertiary alicyclic amines) is 1. The number of carbonyl (C=O) groups is 1. The first-order chi connectivity index (χ1) is 14.2. The lowest BCUT2D eigenvalue weighted by molar-refractivity contribution is -0.139. The molecule has 162 valence electrons. The third-order valence-corrected chi connectivity index (χ3v) is 6.45. The Kier molecular flexibility index (Phi) is 6.82. The Morgan fingerprint density at radius 2 is 2.07 bits per heavy atom. The molecular weight excluding hydrogens is 374 g/mol. The van der Waals surface area contributed by atoms with Gasteiger partial charge in [-0.2, -0.15) is 4.98 Å². The van der Waals surface area contributed by atoms with E-state index in [1.54, 1.807) is 7.11 Å². The van der Waals surface area contributed by atoms with Gasteiger partial charge in [0.1, 0.15) is 6.61 Å². The molecule has 0 radical (unpaired) electrons. The maximum atomic E-state index is 12.7. The molecule has 3 fully saturated rings. The Labute approximate surface area is 172 Å². The Balaban J connectivity index is 1.46. The van der Waals surface area contributed by atoms with Crippen LogP contribution in [0.2, 0.25) is 0 Å². The Morgan fingerprint density at radius 1 is 1.24 bits per heavy atom. The molecule has 8 heteroatoms. The molecule has 8 nitrogen and oxygen atoms in total. The van der Waals surface area contributed by atoms with Gasteiger partial charge in [0.05, 0.1) is 18.6 Å². The van der Waals surface area contributed by atoms with Crippen molar-refractivity contribution in [3.8, 4) is 0 Å². The van der Waals surface area contributed by atoms with Crippen LogP contribution in [0, 0.1) is 5.92 Å². The van der Waals surface area contributed by atoms with Crippen molar-refractivity contribution in [2.45, 2.75) is 56.3 Å². The number of hydrogen-bond donors (Lipinski definition) is 0. The van der Waals surface area contributed by atoms with Crippen LogP contribution in [0.25, 0.3) is 0 Å². The molecule has 0 spiro atoms. The highest BCUT2D eigenvalue weighted by Gasteiger charge is 2.46. The van der Waals surface area contributed by atoms with Gasteiger partial charge in [-0.3, -0.25) is 4.79 Å². The molecule has 1 atom stereocenters. The van der Waals surface area contributed by atoms with Gasteiger partial charge in [0, 0.05) is 39.3 Å². The predicted molar refractivity (Wildman–Crippen MR) is 105 cm³/mol. The number of piperidine rings is 1. The standard InChI is InChI=1S/C21H33N3O5/c1-26-11-12-28-14-18(25)24-8-2-7-21(15-24,13-16-3-4-16)20-22-19(29-23-20)17-5-9-27-10-6-17/h16-17H,2-15H2,1H3. The summed E-state index contributed by atoms with van der Waals surface area (Å²) in [5, 5.41) is 4.44. The normalized spacial score (nSPS) is 26.0. The van der Waals surface area contributed by atoms with Gasteiger partial charge in [0.15, 0.2) is 5.82 Å². The number of rotatable bonds is 9. The topological polar surface area (TPSA) is 86.9 Å². The van der Waals surface area contributed by atoms with Crippen LogP contribution in [0.1, 0.15) is 62.6 Å². The third-order valence-electron chi connectivity index (χ3n) is 6.45. The van der Waals surface area contributed by atoms with E-state index in [0.29, 0.717) is 31.6 Å². The number of amides is 1. The number of nitrogens with zero attached hydrogens (tertiary/aromatic N) is 3. The highest BCUT2D eigenvalue weighted by molar-refractivity contribution is 5.77. The molecule has 1 saturated carbocycles. The minimum atomic E-state index is -0.200. The van der Waals surface area contributed by atoms with Gasteiger partial charge in [-0.1, -0.05) is 18.0 Å². The molecular formula is C21H33N3O5. The van der Waals surface area contributed by atoms with Crippen LogP contribution in [0.3, 0.4) is 0 Å². The number of carbonyl (C=O) groups excluding carboxylic acids is 1. The molecule has 0 aromatic carbocycles. The molecule has 4 rings (SSSR count). The van der Waals surface area contributed by atoms with E-state index < -0.39 is 0 Å². The summed E-state index contributed by atoms with van der Waals surface area (Å²) >= 11 is 0. The summed E-state index contributed by atoms with van der Waals surface area (Å²) in [5.41, 5.74) is -0.200. The summed E-state index contributed by atoms with van der Waals surface area (Å²) in [5.74, 6) is 2.58. The summed E-state index contributed by atoms with van der Waals surface area (Å²) < 4.78 is 21.6. The minimum Gasteiger partial charge on any atom is -0.382 e. The van der Waals surface area contributed by atoms with Crippen LogP contribution < -0.4 is 0 Å². The van der Waals surface area contributed by atoms with Crippen molar-refractivity contribution >= 4 is 5.91 Å². The second-order valence-electron chi connectivity index (χ2n) is 8.73. The lowest BCUT2D eigenvalue weighted by Gasteiger charge is -2.41. The highest BCUT2D eigenvalue weighted by atomic mass is 16.5. The largest absolute Gasteiger partial charge is 0.382 e. The van der Waals surface area contributed by atoms with Gasteiger partial charge in [0.25, 0.3) is 0 Å². The van der Waals surface area contributed by atoms with E-state index in [1.807, 2.05) is 4.90 Å². The second-order valence-corrected chi connectivity index (χ2v) is 8.73. The molecule has 3 heterocycles. The van der Waals surface area contributed by atoms with Gasteiger partial charge in [-0.15, -0.1) is 0 Å². The van der Waals surface area contributed by atoms with E-state index in [9.17, 15) is 4.79 Å². The SMILES string of the molecule is COCCOCC(=O)N1CCCC(CC2CC2)(c2noc(C3CCOCC3)n2)C1. The van der Waals surface area contributed by atoms with E-state index in [2.05, 4.69) is 5.16 Å². The van der Waals surface area contributed by atoms with Crippen molar-refractivity contribution < 1.29 is 23.5 Å². The Hall–Kier alpha value is -1.51. The second kappa shape index (κ2) is 9.53. The third kappa shape index (κ3) is 5.16. The van der Waals surface area contributed by atoms with Crippen molar-refractivity contribution in [1.82, 2.24) is 15.0 Å². The fraction of sp³-hybridized carbons (Fsp3) is 0.857. The van der Waals surface area contributed by atoms with E-state index in [4.69, 9.17) is 23.7 Å². The summed E-state index contributed by atoms with van der Waals surface area (Å²) in [4.78, 5) is 19.5. The van der Waals surface area contributed by atoms with Gasteiger partial charge in [-0.25, -0.2) is 0 Å². The molecule has 1 aliphatic carbocycles. The summed E-state index contributed by atoms with van der Waals surface area (Å²) in [6.45, 7) is 3.95. The predicted octanol–water partition coefficient (Wildman–Crippen LogP) is 2.29. The first-order valence-electron chi connectivity index (χ1n) is 11.0. The van der Waals surface area contributed by atoms with E-state index in [0.717, 1.165) is 63.6 Å². The molecule has 2 saturated heterocycles. The maximum Gasteiger partial charge on any atom is 0.248 e. The van der Waals surface area contributed by atoms with Gasteiger partial charge in [0.2, 0.25) is 11.8 Å². The zero-order valence-electron chi connectivity index (χ0n) is 17.4. The van der Waals surface area contributed by atoms with Crippen molar-refractivity contribution in [1.29, 1.82) is 0 Å². The van der Waals surface area contributed by atoms with E-state index >= 15 is 0 Å². The van der Waals surface area contributed by atoms with Crippen LogP contribution in [0.15, 0.2) is 4.52 Å². The van der Waals surface area contributed by atoms with Crippen molar-refractivity contribution in [2.75, 3.05) is 53.2 Å². The van der Waals surface area contributed by atoms with Gasteiger partial charge in [-0.05, 0) is 38.0 Å². The molecule has 1 amide bonds. The van der Waals surface area contributed by atoms with E-state index in [-0.39, 0.29) is 17.9 Å². The van der Waals surface area contributed by atoms with Crippen LogP contribution >= 0.6 is 0 Å². The number of ether oxygens (including phenoxy) is 3. The Bertz CT molecular complexity index is 671. The maximum absolute atomic E-state index is 12.7. The Morgan fingerprint density at radius 3 is 2.83 bits per heavy atom. The molecule has 29 heavy (non-hydrogen) atoms. The highest BCUT2D eigenvalue weighted by Crippen LogP contribution is 2.46. The quantitative estimate of drug-likeness (QED) is 0.581. The van der Waals surface area contributed by atoms with Crippen LogP contribution in [0.4, 0.5) is 0 Å². The monoisotopic (exact) mass is 407 g/mol. The summed E-state index contributed by atoms with van der Waals surface area (Å²) in [6, 6.07) is 0. The molecule has 3 aliphatic rings. The van der Waals surface area contributed by atoms with Crippen molar-refractivity contribution in [3.05, 3.63) is 11.7 Å². The summed E-state index contributed by atoms with van der Waals surface area (Å²) in [6.07, 6.45) is 7.39. The fourth-order valence-corrected chi connectivity index (χ4v) is 4.61. The van der Waals surface area contributed by atoms with Crippen LogP contribution in [0.5, 0.6) is 0 Å². The molecule has 2 aliphatic heterocycles. The summed E-state index contributed by atoms with van der Waals surface area (Å²) in [7, 11) is 1.63. The van der Waals surface area contributed by atoms with Gasteiger partial charge >= 0.3 is 0 Å². The number of aromatic nitrogens is 2. The average Bonchev–Trinajstić information content (AvgIpc) is 3.41. The zero-order valence-corrected chi connectivity index (χ0v) is 17.4. The van der Waals surface area contributed by atoms with Crippen LogP contribution in [-0.4, -0.2) is 74.2 Å². The lowest BCUT2D eigenvalue weighted by atomic mass is 9.74. The molecule has 0 N–H and O–H groups in total. The first-order valence-corrected chi connectivity index (χ1v) is 11.0. The number of methoxy groups -OCH3 is 1. The zero-order chi connectivity index (χ0) is 20.1. The first kappa shape index (κ1) is 20.8. The van der Waals surface area contributed by atoms with E-state index in [1.165, 1.54) is 12.8 Å². The number of hydrogen-bond acceptors (Lipinski definition) is 7. The minimum absolute atomic E-state index is 0.0362. The smallest absolute Gasteiger partial charge is 0.248 e. The molecule has 1 aromatic heterocycles.